The van der Waals surface area contributed by atoms with Gasteiger partial charge in [-0.1, -0.05) is 47.7 Å². The number of halogens is 1. The number of aryl methyl sites for hydroxylation is 1. The largest absolute Gasteiger partial charge is 0.358 e. The number of amides is 1. The van der Waals surface area contributed by atoms with Gasteiger partial charge in [0.05, 0.1) is 9.94 Å². The highest BCUT2D eigenvalue weighted by molar-refractivity contribution is 14.1. The summed E-state index contributed by atoms with van der Waals surface area (Å²) < 4.78 is 0.506. The third kappa shape index (κ3) is 2.26. The first-order valence-electron chi connectivity index (χ1n) is 6.65. The smallest absolute Gasteiger partial charge is 0.230 e. The zero-order valence-electron chi connectivity index (χ0n) is 10.9. The van der Waals surface area contributed by atoms with Crippen LogP contribution in [0.1, 0.15) is 36.1 Å². The molecule has 1 amide bonds. The lowest BCUT2D eigenvalue weighted by Gasteiger charge is -2.06. The SMILES string of the molecule is CC1CCc2c1[nH]c1c(CNC(=O)CI)cccc21. The Morgan fingerprint density at radius 1 is 1.53 bits per heavy atom. The minimum Gasteiger partial charge on any atom is -0.358 e. The van der Waals surface area contributed by atoms with Gasteiger partial charge in [0.1, 0.15) is 0 Å². The van der Waals surface area contributed by atoms with E-state index in [-0.39, 0.29) is 5.91 Å². The number of para-hydroxylation sites is 1. The van der Waals surface area contributed by atoms with Crippen molar-refractivity contribution in [1.29, 1.82) is 0 Å². The third-order valence-corrected chi connectivity index (χ3v) is 4.67. The summed E-state index contributed by atoms with van der Waals surface area (Å²) in [7, 11) is 0. The van der Waals surface area contributed by atoms with Crippen LogP contribution in [0, 0.1) is 0 Å². The summed E-state index contributed by atoms with van der Waals surface area (Å²) in [5.41, 5.74) is 5.25. The summed E-state index contributed by atoms with van der Waals surface area (Å²) in [6.07, 6.45) is 2.41. The molecule has 2 aromatic rings. The Kier molecular flexibility index (Phi) is 3.52. The number of nitrogens with one attached hydrogen (secondary N) is 2. The van der Waals surface area contributed by atoms with Crippen LogP contribution in [0.2, 0.25) is 0 Å². The number of aromatic nitrogens is 1. The minimum absolute atomic E-state index is 0.0880. The molecular formula is C15H17IN2O. The highest BCUT2D eigenvalue weighted by Crippen LogP contribution is 2.37. The topological polar surface area (TPSA) is 44.9 Å². The summed E-state index contributed by atoms with van der Waals surface area (Å²) in [5.74, 6) is 0.712. The van der Waals surface area contributed by atoms with Crippen molar-refractivity contribution in [2.24, 2.45) is 0 Å². The van der Waals surface area contributed by atoms with Crippen LogP contribution in [0.5, 0.6) is 0 Å². The fraction of sp³-hybridized carbons (Fsp3) is 0.400. The normalized spacial score (nSPS) is 17.7. The molecule has 1 aliphatic carbocycles. The van der Waals surface area contributed by atoms with E-state index in [2.05, 4.69) is 58.0 Å². The van der Waals surface area contributed by atoms with Gasteiger partial charge in [-0.05, 0) is 29.9 Å². The van der Waals surface area contributed by atoms with Crippen LogP contribution in [-0.2, 0) is 17.8 Å². The average molecular weight is 368 g/mol. The molecule has 0 saturated heterocycles. The number of H-pyrrole nitrogens is 1. The molecule has 0 aliphatic heterocycles. The molecule has 4 heteroatoms. The number of hydrogen-bond donors (Lipinski definition) is 2. The first-order chi connectivity index (χ1) is 9.20. The second-order valence-corrected chi connectivity index (χ2v) is 5.97. The lowest BCUT2D eigenvalue weighted by atomic mass is 10.1. The Bertz CT molecular complexity index is 632. The zero-order valence-corrected chi connectivity index (χ0v) is 13.1. The van der Waals surface area contributed by atoms with Crippen LogP contribution < -0.4 is 5.32 Å². The number of carbonyl (C=O) groups excluding carboxylic acids is 1. The minimum atomic E-state index is 0.0880. The van der Waals surface area contributed by atoms with Crippen LogP contribution in [0.3, 0.4) is 0 Å². The highest BCUT2D eigenvalue weighted by atomic mass is 127. The lowest BCUT2D eigenvalue weighted by molar-refractivity contribution is -0.118. The molecule has 100 valence electrons. The number of benzene rings is 1. The molecule has 0 fully saturated rings. The van der Waals surface area contributed by atoms with Crippen LogP contribution in [-0.4, -0.2) is 15.3 Å². The van der Waals surface area contributed by atoms with E-state index in [0.29, 0.717) is 16.9 Å². The van der Waals surface area contributed by atoms with Gasteiger partial charge in [-0.25, -0.2) is 0 Å². The Morgan fingerprint density at radius 3 is 3.16 bits per heavy atom. The van der Waals surface area contributed by atoms with Gasteiger partial charge in [-0.15, -0.1) is 0 Å². The van der Waals surface area contributed by atoms with Crippen LogP contribution in [0.15, 0.2) is 18.2 Å². The molecule has 0 saturated carbocycles. The van der Waals surface area contributed by atoms with Crippen molar-refractivity contribution in [2.75, 3.05) is 4.43 Å². The van der Waals surface area contributed by atoms with Gasteiger partial charge in [0.15, 0.2) is 0 Å². The second-order valence-electron chi connectivity index (χ2n) is 5.21. The standard InChI is InChI=1S/C15H17IN2O/c1-9-5-6-12-11-4-2-3-10(8-17-13(19)7-16)15(11)18-14(9)12/h2-4,9,18H,5-8H2,1H3,(H,17,19). The summed E-state index contributed by atoms with van der Waals surface area (Å²) in [6, 6.07) is 6.36. The molecular weight excluding hydrogens is 351 g/mol. The number of fused-ring (bicyclic) bond motifs is 3. The molecule has 0 spiro atoms. The first-order valence-corrected chi connectivity index (χ1v) is 8.18. The predicted molar refractivity (Wildman–Crippen MR) is 85.8 cm³/mol. The molecule has 0 radical (unpaired) electrons. The zero-order chi connectivity index (χ0) is 13.4. The number of aromatic amines is 1. The van der Waals surface area contributed by atoms with Gasteiger partial charge in [-0.2, -0.15) is 0 Å². The van der Waals surface area contributed by atoms with Gasteiger partial charge in [0.2, 0.25) is 5.91 Å². The van der Waals surface area contributed by atoms with Crippen molar-refractivity contribution in [2.45, 2.75) is 32.2 Å². The third-order valence-electron chi connectivity index (χ3n) is 3.98. The molecule has 1 aromatic carbocycles. The first kappa shape index (κ1) is 13.0. The number of hydrogen-bond acceptors (Lipinski definition) is 1. The average Bonchev–Trinajstić information content (AvgIpc) is 2.97. The molecule has 2 N–H and O–H groups in total. The number of rotatable bonds is 3. The summed E-state index contributed by atoms with van der Waals surface area (Å²) in [5, 5.41) is 4.28. The monoisotopic (exact) mass is 368 g/mol. The van der Waals surface area contributed by atoms with Gasteiger partial charge in [0, 0.05) is 17.6 Å². The van der Waals surface area contributed by atoms with E-state index in [1.165, 1.54) is 40.6 Å². The van der Waals surface area contributed by atoms with Gasteiger partial charge < -0.3 is 10.3 Å². The highest BCUT2D eigenvalue weighted by Gasteiger charge is 2.23. The Hall–Kier alpha value is -1.04. The van der Waals surface area contributed by atoms with E-state index in [9.17, 15) is 4.79 Å². The quantitative estimate of drug-likeness (QED) is 0.634. The van der Waals surface area contributed by atoms with Crippen molar-refractivity contribution < 1.29 is 4.79 Å². The predicted octanol–water partition coefficient (Wildman–Crippen LogP) is 3.27. The van der Waals surface area contributed by atoms with Gasteiger partial charge in [0.25, 0.3) is 0 Å². The maximum absolute atomic E-state index is 11.4. The van der Waals surface area contributed by atoms with E-state index in [4.69, 9.17) is 0 Å². The van der Waals surface area contributed by atoms with Crippen molar-refractivity contribution in [1.82, 2.24) is 10.3 Å². The fourth-order valence-electron chi connectivity index (χ4n) is 2.94. The fourth-order valence-corrected chi connectivity index (χ4v) is 3.21. The molecule has 1 aromatic heterocycles. The second kappa shape index (κ2) is 5.15. The number of carbonyl (C=O) groups is 1. The molecule has 1 aliphatic rings. The van der Waals surface area contributed by atoms with Gasteiger partial charge >= 0.3 is 0 Å². The van der Waals surface area contributed by atoms with E-state index in [1.807, 2.05) is 0 Å². The number of alkyl halides is 1. The lowest BCUT2D eigenvalue weighted by Crippen LogP contribution is -2.23. The molecule has 1 atom stereocenters. The molecule has 3 rings (SSSR count). The molecule has 1 unspecified atom stereocenters. The Balaban J connectivity index is 1.98. The maximum atomic E-state index is 11.4. The van der Waals surface area contributed by atoms with Crippen molar-refractivity contribution in [3.63, 3.8) is 0 Å². The van der Waals surface area contributed by atoms with E-state index >= 15 is 0 Å². The summed E-state index contributed by atoms with van der Waals surface area (Å²) >= 11 is 2.08. The van der Waals surface area contributed by atoms with Crippen molar-refractivity contribution in [3.05, 3.63) is 35.0 Å². The van der Waals surface area contributed by atoms with E-state index < -0.39 is 0 Å². The van der Waals surface area contributed by atoms with Crippen molar-refractivity contribution >= 4 is 39.4 Å². The molecule has 19 heavy (non-hydrogen) atoms. The summed E-state index contributed by atoms with van der Waals surface area (Å²) in [6.45, 7) is 2.88. The molecule has 0 bridgehead atoms. The van der Waals surface area contributed by atoms with E-state index in [1.54, 1.807) is 0 Å². The summed E-state index contributed by atoms with van der Waals surface area (Å²) in [4.78, 5) is 15.0. The van der Waals surface area contributed by atoms with Crippen molar-refractivity contribution in [3.8, 4) is 0 Å². The maximum Gasteiger partial charge on any atom is 0.230 e. The van der Waals surface area contributed by atoms with Crippen LogP contribution in [0.4, 0.5) is 0 Å². The van der Waals surface area contributed by atoms with Crippen LogP contribution >= 0.6 is 22.6 Å². The van der Waals surface area contributed by atoms with Gasteiger partial charge in [-0.3, -0.25) is 4.79 Å². The molecule has 3 nitrogen and oxygen atoms in total. The van der Waals surface area contributed by atoms with E-state index in [0.717, 1.165) is 0 Å². The Morgan fingerprint density at radius 2 is 2.37 bits per heavy atom. The van der Waals surface area contributed by atoms with Crippen LogP contribution in [0.25, 0.3) is 10.9 Å². The molecule has 1 heterocycles. The Labute approximate surface area is 126 Å².